The van der Waals surface area contributed by atoms with Gasteiger partial charge in [0.1, 0.15) is 0 Å². The monoisotopic (exact) mass is 170 g/mol. The Morgan fingerprint density at radius 3 is 2.83 bits per heavy atom. The second kappa shape index (κ2) is 3.12. The van der Waals surface area contributed by atoms with Crippen molar-refractivity contribution in [2.75, 3.05) is 19.0 Å². The molecule has 1 heterocycles. The molecule has 0 amide bonds. The van der Waals surface area contributed by atoms with Gasteiger partial charge in [-0.1, -0.05) is 5.16 Å². The molecule has 3 N–H and O–H groups in total. The summed E-state index contributed by atoms with van der Waals surface area (Å²) in [4.78, 5) is 5.55. The molecule has 0 saturated heterocycles. The summed E-state index contributed by atoms with van der Waals surface area (Å²) in [6, 6.07) is 0.414. The van der Waals surface area contributed by atoms with Crippen LogP contribution in [0.2, 0.25) is 0 Å². The van der Waals surface area contributed by atoms with E-state index in [0.717, 1.165) is 0 Å². The molecule has 0 atom stereocenters. The topological polar surface area (TPSA) is 87.9 Å². The van der Waals surface area contributed by atoms with Crippen molar-refractivity contribution in [1.29, 1.82) is 0 Å². The zero-order valence-corrected chi connectivity index (χ0v) is 6.85. The summed E-state index contributed by atoms with van der Waals surface area (Å²) < 4.78 is 5.10. The lowest BCUT2D eigenvalue weighted by Crippen LogP contribution is -2.12. The maximum absolute atomic E-state index is 8.30. The van der Waals surface area contributed by atoms with E-state index in [4.69, 9.17) is 15.4 Å². The van der Waals surface area contributed by atoms with Crippen molar-refractivity contribution in [2.24, 2.45) is 10.9 Å². The predicted octanol–water partition coefficient (Wildman–Crippen LogP) is -0.165. The average Bonchev–Trinajstić information content (AvgIpc) is 2.51. The van der Waals surface area contributed by atoms with Gasteiger partial charge in [-0.15, -0.1) is 0 Å². The van der Waals surface area contributed by atoms with Crippen LogP contribution in [0.15, 0.2) is 15.8 Å². The van der Waals surface area contributed by atoms with Gasteiger partial charge in [-0.2, -0.15) is 0 Å². The number of oxime groups is 1. The van der Waals surface area contributed by atoms with Crippen LogP contribution in [0.25, 0.3) is 0 Å². The first-order valence-corrected chi connectivity index (χ1v) is 3.26. The number of nitrogens with zero attached hydrogens (tertiary/aromatic N) is 3. The van der Waals surface area contributed by atoms with E-state index in [1.807, 2.05) is 0 Å². The van der Waals surface area contributed by atoms with Gasteiger partial charge < -0.3 is 20.3 Å². The number of nitrogens with two attached hydrogens (primary N) is 1. The fourth-order valence-electron chi connectivity index (χ4n) is 0.639. The highest BCUT2D eigenvalue weighted by Crippen LogP contribution is 2.10. The lowest BCUT2D eigenvalue weighted by Gasteiger charge is -2.03. The summed E-state index contributed by atoms with van der Waals surface area (Å²) in [5.74, 6) is 0.164. The Balaban J connectivity index is 2.92. The van der Waals surface area contributed by atoms with Crippen LogP contribution in [-0.2, 0) is 0 Å². The molecule has 0 aliphatic rings. The third-order valence-electron chi connectivity index (χ3n) is 1.24. The van der Waals surface area contributed by atoms with Gasteiger partial charge in [0.2, 0.25) is 5.84 Å². The van der Waals surface area contributed by atoms with E-state index < -0.39 is 0 Å². The van der Waals surface area contributed by atoms with Gasteiger partial charge >= 0.3 is 0 Å². The van der Waals surface area contributed by atoms with Crippen LogP contribution in [-0.4, -0.2) is 30.1 Å². The van der Waals surface area contributed by atoms with Gasteiger partial charge in [-0.3, -0.25) is 0 Å². The van der Waals surface area contributed by atoms with Crippen LogP contribution in [0.5, 0.6) is 0 Å². The first kappa shape index (κ1) is 8.38. The molecule has 0 radical (unpaired) electrons. The molecule has 0 spiro atoms. The van der Waals surface area contributed by atoms with E-state index in [0.29, 0.717) is 6.01 Å². The number of hydrogen-bond donors (Lipinski definition) is 2. The number of oxazole rings is 1. The van der Waals surface area contributed by atoms with Crippen LogP contribution >= 0.6 is 0 Å². The number of rotatable bonds is 2. The molecule has 0 aromatic carbocycles. The fraction of sp³-hybridized carbons (Fsp3) is 0.333. The molecule has 0 aliphatic heterocycles. The number of hydrogen-bond acceptors (Lipinski definition) is 5. The minimum absolute atomic E-state index is 0.0874. The smallest absolute Gasteiger partial charge is 0.297 e. The summed E-state index contributed by atoms with van der Waals surface area (Å²) in [7, 11) is 3.56. The molecule has 1 aromatic rings. The molecule has 66 valence electrons. The summed E-state index contributed by atoms with van der Waals surface area (Å²) in [6.45, 7) is 0. The highest BCUT2D eigenvalue weighted by Gasteiger charge is 2.08. The minimum Gasteiger partial charge on any atom is -0.420 e. The molecule has 6 heteroatoms. The summed E-state index contributed by atoms with van der Waals surface area (Å²) >= 11 is 0. The maximum atomic E-state index is 8.30. The molecular formula is C6H10N4O2. The second-order valence-electron chi connectivity index (χ2n) is 2.39. The maximum Gasteiger partial charge on any atom is 0.297 e. The summed E-state index contributed by atoms with van der Waals surface area (Å²) in [6.07, 6.45) is 1.39. The Kier molecular flexibility index (Phi) is 2.18. The molecule has 0 unspecified atom stereocenters. The van der Waals surface area contributed by atoms with Gasteiger partial charge in [0.05, 0.1) is 6.20 Å². The Morgan fingerprint density at radius 1 is 1.75 bits per heavy atom. The molecule has 0 aliphatic carbocycles. The van der Waals surface area contributed by atoms with Crippen molar-refractivity contribution in [3.63, 3.8) is 0 Å². The first-order chi connectivity index (χ1) is 5.65. The third kappa shape index (κ3) is 1.47. The van der Waals surface area contributed by atoms with Crippen molar-refractivity contribution >= 4 is 11.9 Å². The largest absolute Gasteiger partial charge is 0.420 e. The minimum atomic E-state index is -0.0874. The quantitative estimate of drug-likeness (QED) is 0.278. The first-order valence-electron chi connectivity index (χ1n) is 3.26. The second-order valence-corrected chi connectivity index (χ2v) is 2.39. The number of amidine groups is 1. The van der Waals surface area contributed by atoms with Gasteiger partial charge in [-0.05, 0) is 0 Å². The zero-order valence-electron chi connectivity index (χ0n) is 6.85. The normalized spacial score (nSPS) is 11.7. The molecule has 0 bridgehead atoms. The van der Waals surface area contributed by atoms with Crippen molar-refractivity contribution in [2.45, 2.75) is 0 Å². The van der Waals surface area contributed by atoms with Crippen LogP contribution in [0, 0.1) is 0 Å². The zero-order chi connectivity index (χ0) is 9.14. The molecule has 6 nitrogen and oxygen atoms in total. The molecule has 1 rings (SSSR count). The molecule has 0 saturated carbocycles. The highest BCUT2D eigenvalue weighted by atomic mass is 16.4. The van der Waals surface area contributed by atoms with Gasteiger partial charge in [0.25, 0.3) is 6.01 Å². The summed E-state index contributed by atoms with van der Waals surface area (Å²) in [5.41, 5.74) is 5.26. The van der Waals surface area contributed by atoms with Crippen LogP contribution in [0.4, 0.5) is 6.01 Å². The third-order valence-corrected chi connectivity index (χ3v) is 1.24. The standard InChI is InChI=1S/C6H10N4O2/c1-10(2)6-8-3-4(12-6)5(7)9-11/h3,11H,1-2H3,(H2,7,9). The van der Waals surface area contributed by atoms with Crippen molar-refractivity contribution in [3.05, 3.63) is 12.0 Å². The Morgan fingerprint density at radius 2 is 2.42 bits per heavy atom. The van der Waals surface area contributed by atoms with E-state index >= 15 is 0 Å². The lowest BCUT2D eigenvalue weighted by molar-refractivity contribution is 0.317. The van der Waals surface area contributed by atoms with E-state index in [2.05, 4.69) is 10.1 Å². The fourth-order valence-corrected chi connectivity index (χ4v) is 0.639. The van der Waals surface area contributed by atoms with E-state index in [-0.39, 0.29) is 11.6 Å². The molecule has 12 heavy (non-hydrogen) atoms. The van der Waals surface area contributed by atoms with Gasteiger partial charge in [-0.25, -0.2) is 4.98 Å². The molecular weight excluding hydrogens is 160 g/mol. The summed E-state index contributed by atoms with van der Waals surface area (Å²) in [5, 5.41) is 11.1. The lowest BCUT2D eigenvalue weighted by atomic mass is 10.5. The van der Waals surface area contributed by atoms with E-state index in [1.54, 1.807) is 19.0 Å². The van der Waals surface area contributed by atoms with E-state index in [1.165, 1.54) is 6.20 Å². The predicted molar refractivity (Wildman–Crippen MR) is 43.3 cm³/mol. The Hall–Kier alpha value is -1.72. The number of aromatic nitrogens is 1. The average molecular weight is 170 g/mol. The Labute approximate surface area is 69.3 Å². The SMILES string of the molecule is CN(C)c1ncc(/C(N)=N\O)o1. The van der Waals surface area contributed by atoms with Crippen LogP contribution in [0.1, 0.15) is 5.76 Å². The van der Waals surface area contributed by atoms with Crippen molar-refractivity contribution in [1.82, 2.24) is 4.98 Å². The van der Waals surface area contributed by atoms with Crippen molar-refractivity contribution in [3.8, 4) is 0 Å². The molecule has 1 aromatic heterocycles. The van der Waals surface area contributed by atoms with Crippen LogP contribution < -0.4 is 10.6 Å². The number of anilines is 1. The van der Waals surface area contributed by atoms with Gasteiger partial charge in [0.15, 0.2) is 5.76 Å². The van der Waals surface area contributed by atoms with Gasteiger partial charge in [0, 0.05) is 14.1 Å². The Bertz CT molecular complexity index is 291. The molecule has 0 fully saturated rings. The highest BCUT2D eigenvalue weighted by molar-refractivity contribution is 5.94. The van der Waals surface area contributed by atoms with Crippen molar-refractivity contribution < 1.29 is 9.62 Å². The van der Waals surface area contributed by atoms with Crippen LogP contribution in [0.3, 0.4) is 0 Å². The van der Waals surface area contributed by atoms with E-state index in [9.17, 15) is 0 Å².